The number of urea groups is 1. The second kappa shape index (κ2) is 6.42. The van der Waals surface area contributed by atoms with Gasteiger partial charge >= 0.3 is 6.03 Å². The molecule has 1 aromatic heterocycles. The quantitative estimate of drug-likeness (QED) is 0.883. The monoisotopic (exact) mass is 332 g/mol. The molecule has 3 N–H and O–H groups in total. The Labute approximate surface area is 138 Å². The minimum Gasteiger partial charge on any atom is -0.352 e. The van der Waals surface area contributed by atoms with Crippen LogP contribution in [-0.2, 0) is 0 Å². The summed E-state index contributed by atoms with van der Waals surface area (Å²) < 4.78 is 0. The van der Waals surface area contributed by atoms with Gasteiger partial charge in [0, 0.05) is 36.3 Å². The number of nitrogens with one attached hydrogen (secondary N) is 1. The van der Waals surface area contributed by atoms with E-state index in [1.807, 2.05) is 6.07 Å². The number of carbonyl (C=O) groups excluding carboxylic acids is 2. The van der Waals surface area contributed by atoms with E-state index in [1.54, 1.807) is 29.3 Å². The Kier molecular flexibility index (Phi) is 4.34. The van der Waals surface area contributed by atoms with Gasteiger partial charge in [0.15, 0.2) is 0 Å². The molecule has 1 aromatic carbocycles. The van der Waals surface area contributed by atoms with Gasteiger partial charge in [-0.15, -0.1) is 0 Å². The second-order valence-electron chi connectivity index (χ2n) is 5.57. The summed E-state index contributed by atoms with van der Waals surface area (Å²) >= 11 is 6.15. The number of likely N-dealkylation sites (tertiary alicyclic amines) is 1. The lowest BCUT2D eigenvalue weighted by atomic mass is 10.0. The molecule has 1 aliphatic heterocycles. The molecule has 23 heavy (non-hydrogen) atoms. The van der Waals surface area contributed by atoms with E-state index in [1.165, 1.54) is 0 Å². The van der Waals surface area contributed by atoms with Crippen molar-refractivity contribution in [2.45, 2.75) is 18.9 Å². The number of piperidine rings is 1. The van der Waals surface area contributed by atoms with Gasteiger partial charge in [-0.1, -0.05) is 17.7 Å². The third-order valence-electron chi connectivity index (χ3n) is 4.08. The highest BCUT2D eigenvalue weighted by atomic mass is 35.5. The first-order valence-corrected chi connectivity index (χ1v) is 7.82. The summed E-state index contributed by atoms with van der Waals surface area (Å²) in [5, 5.41) is 3.97. The zero-order valence-electron chi connectivity index (χ0n) is 12.5. The molecule has 1 saturated heterocycles. The van der Waals surface area contributed by atoms with Crippen molar-refractivity contribution in [3.05, 3.63) is 41.0 Å². The number of pyridine rings is 1. The number of hydrogen-bond acceptors (Lipinski definition) is 3. The van der Waals surface area contributed by atoms with Crippen LogP contribution in [0, 0.1) is 0 Å². The van der Waals surface area contributed by atoms with Crippen LogP contribution in [0.25, 0.3) is 10.9 Å². The Balaban J connectivity index is 1.80. The normalized spacial score (nSPS) is 15.6. The van der Waals surface area contributed by atoms with Crippen LogP contribution in [-0.4, -0.2) is 41.0 Å². The maximum absolute atomic E-state index is 12.8. The molecule has 2 aromatic rings. The molecular weight excluding hydrogens is 316 g/mol. The standard InChI is InChI=1S/C16H17ClN4O2/c17-13-4-3-12(11-2-1-7-19-14(11)13)15(22)21-8-5-10(6-9-21)20-16(18)23/h1-4,7,10H,5-6,8-9H2,(H3,18,20,23). The number of halogens is 1. The fourth-order valence-corrected chi connectivity index (χ4v) is 3.14. The van der Waals surface area contributed by atoms with Crippen molar-refractivity contribution in [1.82, 2.24) is 15.2 Å². The molecule has 3 amide bonds. The molecule has 0 unspecified atom stereocenters. The summed E-state index contributed by atoms with van der Waals surface area (Å²) in [5.74, 6) is -0.0443. The Morgan fingerprint density at radius 2 is 2.00 bits per heavy atom. The third-order valence-corrected chi connectivity index (χ3v) is 4.38. The van der Waals surface area contributed by atoms with E-state index in [-0.39, 0.29) is 11.9 Å². The van der Waals surface area contributed by atoms with E-state index in [4.69, 9.17) is 17.3 Å². The van der Waals surface area contributed by atoms with E-state index < -0.39 is 6.03 Å². The molecule has 0 bridgehead atoms. The van der Waals surface area contributed by atoms with Crippen LogP contribution < -0.4 is 11.1 Å². The summed E-state index contributed by atoms with van der Waals surface area (Å²) in [7, 11) is 0. The molecule has 0 radical (unpaired) electrons. The zero-order valence-corrected chi connectivity index (χ0v) is 13.2. The predicted molar refractivity (Wildman–Crippen MR) is 88.4 cm³/mol. The molecule has 0 spiro atoms. The number of amides is 3. The Morgan fingerprint density at radius 3 is 2.70 bits per heavy atom. The number of nitrogens with zero attached hydrogens (tertiary/aromatic N) is 2. The Morgan fingerprint density at radius 1 is 1.26 bits per heavy atom. The minimum absolute atomic E-state index is 0.0279. The van der Waals surface area contributed by atoms with Gasteiger partial charge in [-0.25, -0.2) is 4.79 Å². The summed E-state index contributed by atoms with van der Waals surface area (Å²) in [5.41, 5.74) is 6.36. The van der Waals surface area contributed by atoms with Crippen LogP contribution in [0.5, 0.6) is 0 Å². The van der Waals surface area contributed by atoms with Crippen molar-refractivity contribution in [3.8, 4) is 0 Å². The van der Waals surface area contributed by atoms with Crippen molar-refractivity contribution in [1.29, 1.82) is 0 Å². The first-order chi connectivity index (χ1) is 11.1. The molecule has 7 heteroatoms. The van der Waals surface area contributed by atoms with E-state index in [2.05, 4.69) is 10.3 Å². The molecule has 1 fully saturated rings. The van der Waals surface area contributed by atoms with Gasteiger partial charge in [-0.3, -0.25) is 9.78 Å². The van der Waals surface area contributed by atoms with E-state index in [9.17, 15) is 9.59 Å². The summed E-state index contributed by atoms with van der Waals surface area (Å²) in [4.78, 5) is 29.7. The van der Waals surface area contributed by atoms with Crippen molar-refractivity contribution in [3.63, 3.8) is 0 Å². The zero-order chi connectivity index (χ0) is 16.4. The molecule has 0 atom stereocenters. The van der Waals surface area contributed by atoms with Gasteiger partial charge in [0.2, 0.25) is 0 Å². The van der Waals surface area contributed by atoms with Crippen LogP contribution >= 0.6 is 11.6 Å². The van der Waals surface area contributed by atoms with Gasteiger partial charge < -0.3 is 16.0 Å². The number of primary amides is 1. The minimum atomic E-state index is -0.524. The SMILES string of the molecule is NC(=O)NC1CCN(C(=O)c2ccc(Cl)c3ncccc23)CC1. The van der Waals surface area contributed by atoms with Crippen molar-refractivity contribution < 1.29 is 9.59 Å². The van der Waals surface area contributed by atoms with E-state index >= 15 is 0 Å². The van der Waals surface area contributed by atoms with Crippen molar-refractivity contribution in [2.75, 3.05) is 13.1 Å². The molecule has 3 rings (SSSR count). The number of benzene rings is 1. The fraction of sp³-hybridized carbons (Fsp3) is 0.312. The van der Waals surface area contributed by atoms with Crippen molar-refractivity contribution in [2.24, 2.45) is 5.73 Å². The molecular formula is C16H17ClN4O2. The van der Waals surface area contributed by atoms with Gasteiger partial charge in [0.05, 0.1) is 10.5 Å². The number of aromatic nitrogens is 1. The van der Waals surface area contributed by atoms with Gasteiger partial charge in [-0.05, 0) is 31.0 Å². The molecule has 0 saturated carbocycles. The molecule has 2 heterocycles. The van der Waals surface area contributed by atoms with Crippen molar-refractivity contribution >= 4 is 34.4 Å². The summed E-state index contributed by atoms with van der Waals surface area (Å²) in [6, 6.07) is 6.58. The van der Waals surface area contributed by atoms with Gasteiger partial charge in [-0.2, -0.15) is 0 Å². The highest BCUT2D eigenvalue weighted by Crippen LogP contribution is 2.26. The predicted octanol–water partition coefficient (Wildman–Crippen LogP) is 2.16. The van der Waals surface area contributed by atoms with Crippen LogP contribution in [0.15, 0.2) is 30.5 Å². The van der Waals surface area contributed by atoms with Crippen LogP contribution in [0.2, 0.25) is 5.02 Å². The number of hydrogen-bond donors (Lipinski definition) is 2. The Bertz CT molecular complexity index is 757. The van der Waals surface area contributed by atoms with E-state index in [0.717, 1.165) is 5.39 Å². The largest absolute Gasteiger partial charge is 0.352 e. The first-order valence-electron chi connectivity index (χ1n) is 7.44. The highest BCUT2D eigenvalue weighted by Gasteiger charge is 2.25. The van der Waals surface area contributed by atoms with E-state index in [0.29, 0.717) is 42.0 Å². The maximum atomic E-state index is 12.8. The topological polar surface area (TPSA) is 88.3 Å². The lowest BCUT2D eigenvalue weighted by Crippen LogP contribution is -2.47. The average molecular weight is 333 g/mol. The third kappa shape index (κ3) is 3.22. The number of carbonyl (C=O) groups is 2. The fourth-order valence-electron chi connectivity index (χ4n) is 2.92. The van der Waals surface area contributed by atoms with Crippen LogP contribution in [0.4, 0.5) is 4.79 Å². The highest BCUT2D eigenvalue weighted by molar-refractivity contribution is 6.35. The number of fused-ring (bicyclic) bond motifs is 1. The molecule has 120 valence electrons. The number of rotatable bonds is 2. The lowest BCUT2D eigenvalue weighted by Gasteiger charge is -2.32. The maximum Gasteiger partial charge on any atom is 0.312 e. The van der Waals surface area contributed by atoms with Gasteiger partial charge in [0.25, 0.3) is 5.91 Å². The average Bonchev–Trinajstić information content (AvgIpc) is 2.55. The number of nitrogens with two attached hydrogens (primary N) is 1. The summed E-state index contributed by atoms with van der Waals surface area (Å²) in [6.45, 7) is 1.16. The smallest absolute Gasteiger partial charge is 0.312 e. The second-order valence-corrected chi connectivity index (χ2v) is 5.98. The first kappa shape index (κ1) is 15.6. The summed E-state index contributed by atoms with van der Waals surface area (Å²) in [6.07, 6.45) is 3.04. The van der Waals surface area contributed by atoms with Crippen LogP contribution in [0.3, 0.4) is 0 Å². The Hall–Kier alpha value is -2.34. The molecule has 0 aliphatic carbocycles. The molecule has 6 nitrogen and oxygen atoms in total. The lowest BCUT2D eigenvalue weighted by molar-refractivity contribution is 0.0710. The van der Waals surface area contributed by atoms with Gasteiger partial charge in [0.1, 0.15) is 0 Å². The molecule has 1 aliphatic rings. The van der Waals surface area contributed by atoms with Crippen LogP contribution in [0.1, 0.15) is 23.2 Å².